The van der Waals surface area contributed by atoms with E-state index in [4.69, 9.17) is 5.73 Å². The van der Waals surface area contributed by atoms with Crippen molar-refractivity contribution in [3.8, 4) is 0 Å². The fourth-order valence-corrected chi connectivity index (χ4v) is 1.75. The van der Waals surface area contributed by atoms with Crippen LogP contribution >= 0.6 is 0 Å². The predicted octanol–water partition coefficient (Wildman–Crippen LogP) is 2.91. The maximum Gasteiger partial charge on any atom is 0.126 e. The van der Waals surface area contributed by atoms with Crippen LogP contribution in [0.5, 0.6) is 0 Å². The van der Waals surface area contributed by atoms with Gasteiger partial charge in [-0.1, -0.05) is 0 Å². The Kier molecular flexibility index (Phi) is 3.94. The van der Waals surface area contributed by atoms with E-state index in [9.17, 15) is 8.78 Å². The minimum absolute atomic E-state index is 0.514. The van der Waals surface area contributed by atoms with E-state index in [2.05, 4.69) is 10.3 Å². The second kappa shape index (κ2) is 5.65. The smallest absolute Gasteiger partial charge is 0.126 e. The summed E-state index contributed by atoms with van der Waals surface area (Å²) in [5.74, 6) is -0.420. The van der Waals surface area contributed by atoms with E-state index in [-0.39, 0.29) is 0 Å². The first-order chi connectivity index (χ1) is 9.04. The molecule has 0 aliphatic heterocycles. The van der Waals surface area contributed by atoms with Crippen LogP contribution in [-0.2, 0) is 6.42 Å². The zero-order chi connectivity index (χ0) is 13.8. The summed E-state index contributed by atoms with van der Waals surface area (Å²) in [6.07, 6.45) is 2.10. The van der Waals surface area contributed by atoms with Gasteiger partial charge in [0.05, 0.1) is 11.9 Å². The van der Waals surface area contributed by atoms with E-state index < -0.39 is 11.6 Å². The van der Waals surface area contributed by atoms with Crippen molar-refractivity contribution in [1.82, 2.24) is 4.98 Å². The monoisotopic (exact) mass is 263 g/mol. The van der Waals surface area contributed by atoms with Gasteiger partial charge in [0.2, 0.25) is 0 Å². The van der Waals surface area contributed by atoms with Crippen LogP contribution in [0.4, 0.5) is 20.3 Å². The number of aromatic nitrogens is 1. The molecule has 3 nitrogen and oxygen atoms in total. The Balaban J connectivity index is 1.94. The second-order valence-electron chi connectivity index (χ2n) is 4.38. The van der Waals surface area contributed by atoms with Crippen molar-refractivity contribution in [2.75, 3.05) is 17.6 Å². The Hall–Kier alpha value is -2.17. The Labute approximate surface area is 110 Å². The van der Waals surface area contributed by atoms with Gasteiger partial charge < -0.3 is 11.1 Å². The molecule has 0 radical (unpaired) electrons. The van der Waals surface area contributed by atoms with E-state index in [0.717, 1.165) is 11.6 Å². The molecule has 0 aliphatic carbocycles. The molecular formula is C14H15F2N3. The number of benzene rings is 1. The Morgan fingerprint density at radius 2 is 1.84 bits per heavy atom. The molecule has 0 aliphatic rings. The topological polar surface area (TPSA) is 50.9 Å². The van der Waals surface area contributed by atoms with Crippen molar-refractivity contribution in [3.63, 3.8) is 0 Å². The average molecular weight is 263 g/mol. The number of aryl methyl sites for hydroxylation is 1. The van der Waals surface area contributed by atoms with Gasteiger partial charge in [-0.2, -0.15) is 0 Å². The van der Waals surface area contributed by atoms with Gasteiger partial charge >= 0.3 is 0 Å². The third-order valence-electron chi connectivity index (χ3n) is 2.79. The molecule has 0 saturated carbocycles. The third-order valence-corrected chi connectivity index (χ3v) is 2.79. The maximum absolute atomic E-state index is 13.0. The van der Waals surface area contributed by atoms with Crippen molar-refractivity contribution < 1.29 is 8.78 Å². The summed E-state index contributed by atoms with van der Waals surface area (Å²) in [6.45, 7) is 2.43. The summed E-state index contributed by atoms with van der Waals surface area (Å²) >= 11 is 0. The van der Waals surface area contributed by atoms with E-state index >= 15 is 0 Å². The van der Waals surface area contributed by atoms with Gasteiger partial charge in [-0.25, -0.2) is 13.8 Å². The molecular weight excluding hydrogens is 248 g/mol. The number of anilines is 2. The van der Waals surface area contributed by atoms with Crippen LogP contribution < -0.4 is 11.1 Å². The number of nitrogens with one attached hydrogen (secondary N) is 1. The van der Waals surface area contributed by atoms with Gasteiger partial charge in [-0.05, 0) is 42.7 Å². The van der Waals surface area contributed by atoms with Crippen molar-refractivity contribution in [2.24, 2.45) is 0 Å². The summed E-state index contributed by atoms with van der Waals surface area (Å²) in [6, 6.07) is 5.35. The minimum Gasteiger partial charge on any atom is -0.397 e. The van der Waals surface area contributed by atoms with Crippen LogP contribution in [0.15, 0.2) is 30.5 Å². The van der Waals surface area contributed by atoms with Crippen LogP contribution in [0.25, 0.3) is 0 Å². The first-order valence-corrected chi connectivity index (χ1v) is 5.95. The molecule has 0 unspecified atom stereocenters. The van der Waals surface area contributed by atoms with Crippen molar-refractivity contribution in [1.29, 1.82) is 0 Å². The molecule has 0 fully saturated rings. The fourth-order valence-electron chi connectivity index (χ4n) is 1.75. The van der Waals surface area contributed by atoms with Gasteiger partial charge in [0, 0.05) is 12.6 Å². The largest absolute Gasteiger partial charge is 0.397 e. The molecule has 19 heavy (non-hydrogen) atoms. The molecule has 0 bridgehead atoms. The van der Waals surface area contributed by atoms with Crippen LogP contribution in [0.2, 0.25) is 0 Å². The first kappa shape index (κ1) is 13.3. The Morgan fingerprint density at radius 1 is 1.16 bits per heavy atom. The average Bonchev–Trinajstić information content (AvgIpc) is 2.32. The molecule has 1 aromatic heterocycles. The highest BCUT2D eigenvalue weighted by molar-refractivity contribution is 5.50. The predicted molar refractivity (Wildman–Crippen MR) is 71.9 cm³/mol. The number of pyridine rings is 1. The molecule has 100 valence electrons. The zero-order valence-corrected chi connectivity index (χ0v) is 10.6. The van der Waals surface area contributed by atoms with Gasteiger partial charge in [0.15, 0.2) is 0 Å². The molecule has 0 amide bonds. The molecule has 0 spiro atoms. The molecule has 2 rings (SSSR count). The molecule has 1 heterocycles. The van der Waals surface area contributed by atoms with Gasteiger partial charge in [-0.3, -0.25) is 0 Å². The molecule has 2 aromatic rings. The van der Waals surface area contributed by atoms with Crippen LogP contribution in [0, 0.1) is 18.6 Å². The lowest BCUT2D eigenvalue weighted by Crippen LogP contribution is -2.07. The molecule has 3 N–H and O–H groups in total. The standard InChI is InChI=1S/C14H15F2N3/c1-9-4-14(19-8-13(9)17)18-3-2-10-5-11(15)7-12(16)6-10/h4-8H,2-3,17H2,1H3,(H,18,19). The Morgan fingerprint density at radius 3 is 2.47 bits per heavy atom. The van der Waals surface area contributed by atoms with Crippen LogP contribution in [0.1, 0.15) is 11.1 Å². The number of hydrogen-bond donors (Lipinski definition) is 2. The number of nitrogen functional groups attached to an aromatic ring is 1. The van der Waals surface area contributed by atoms with Gasteiger partial charge in [-0.15, -0.1) is 0 Å². The maximum atomic E-state index is 13.0. The Bertz CT molecular complexity index is 565. The number of halogens is 2. The number of nitrogens with zero attached hydrogens (tertiary/aromatic N) is 1. The van der Waals surface area contributed by atoms with E-state index in [1.807, 2.05) is 13.0 Å². The fraction of sp³-hybridized carbons (Fsp3) is 0.214. The molecule has 5 heteroatoms. The quantitative estimate of drug-likeness (QED) is 0.891. The summed E-state index contributed by atoms with van der Waals surface area (Å²) in [4.78, 5) is 4.12. The van der Waals surface area contributed by atoms with E-state index in [1.54, 1.807) is 6.20 Å². The zero-order valence-electron chi connectivity index (χ0n) is 10.6. The van der Waals surface area contributed by atoms with Crippen LogP contribution in [-0.4, -0.2) is 11.5 Å². The number of nitrogens with two attached hydrogens (primary N) is 1. The highest BCUT2D eigenvalue weighted by Gasteiger charge is 2.02. The SMILES string of the molecule is Cc1cc(NCCc2cc(F)cc(F)c2)ncc1N. The van der Waals surface area contributed by atoms with Crippen molar-refractivity contribution >= 4 is 11.5 Å². The highest BCUT2D eigenvalue weighted by Crippen LogP contribution is 2.13. The normalized spacial score (nSPS) is 10.5. The highest BCUT2D eigenvalue weighted by atomic mass is 19.1. The van der Waals surface area contributed by atoms with Crippen molar-refractivity contribution in [3.05, 3.63) is 53.2 Å². The third kappa shape index (κ3) is 3.64. The molecule has 0 saturated heterocycles. The van der Waals surface area contributed by atoms with E-state index in [0.29, 0.717) is 30.0 Å². The summed E-state index contributed by atoms with van der Waals surface area (Å²) < 4.78 is 26.0. The van der Waals surface area contributed by atoms with Gasteiger partial charge in [0.25, 0.3) is 0 Å². The second-order valence-corrected chi connectivity index (χ2v) is 4.38. The lowest BCUT2D eigenvalue weighted by atomic mass is 10.1. The summed E-state index contributed by atoms with van der Waals surface area (Å²) in [7, 11) is 0. The molecule has 0 atom stereocenters. The summed E-state index contributed by atoms with van der Waals surface area (Å²) in [5, 5.41) is 3.09. The summed E-state index contributed by atoms with van der Waals surface area (Å²) in [5.41, 5.74) is 7.85. The lowest BCUT2D eigenvalue weighted by molar-refractivity contribution is 0.580. The first-order valence-electron chi connectivity index (χ1n) is 5.95. The van der Waals surface area contributed by atoms with E-state index in [1.165, 1.54) is 12.1 Å². The lowest BCUT2D eigenvalue weighted by Gasteiger charge is -2.08. The minimum atomic E-state index is -0.559. The number of hydrogen-bond acceptors (Lipinski definition) is 3. The van der Waals surface area contributed by atoms with Gasteiger partial charge in [0.1, 0.15) is 17.5 Å². The molecule has 1 aromatic carbocycles. The number of rotatable bonds is 4. The van der Waals surface area contributed by atoms with Crippen LogP contribution in [0.3, 0.4) is 0 Å². The van der Waals surface area contributed by atoms with Crippen molar-refractivity contribution in [2.45, 2.75) is 13.3 Å².